The first kappa shape index (κ1) is 12.9. The SMILES string of the molecule is O=C(CCCCCCCCC(=O)N1C=C1)N1C=C1. The number of hydrogen-bond donors (Lipinski definition) is 0. The minimum atomic E-state index is 0.214. The Morgan fingerprint density at radius 3 is 1.28 bits per heavy atom. The molecule has 0 saturated heterocycles. The Balaban J connectivity index is 1.33. The minimum Gasteiger partial charge on any atom is -0.292 e. The molecule has 4 nitrogen and oxygen atoms in total. The van der Waals surface area contributed by atoms with Crippen molar-refractivity contribution in [1.29, 1.82) is 0 Å². The van der Waals surface area contributed by atoms with Crippen LogP contribution in [-0.4, -0.2) is 21.6 Å². The Labute approximate surface area is 108 Å². The highest BCUT2D eigenvalue weighted by Crippen LogP contribution is 2.15. The van der Waals surface area contributed by atoms with Crippen LogP contribution in [0.25, 0.3) is 0 Å². The van der Waals surface area contributed by atoms with Gasteiger partial charge < -0.3 is 0 Å². The fraction of sp³-hybridized carbons (Fsp3) is 0.571. The fourth-order valence-corrected chi connectivity index (χ4v) is 1.92. The lowest BCUT2D eigenvalue weighted by atomic mass is 10.1. The summed E-state index contributed by atoms with van der Waals surface area (Å²) in [7, 11) is 0. The third-order valence-electron chi connectivity index (χ3n) is 3.20. The highest BCUT2D eigenvalue weighted by atomic mass is 16.2. The molecule has 0 aliphatic carbocycles. The van der Waals surface area contributed by atoms with E-state index in [2.05, 4.69) is 0 Å². The molecular weight excluding hydrogens is 228 g/mol. The Kier molecular flexibility index (Phi) is 4.56. The van der Waals surface area contributed by atoms with E-state index in [9.17, 15) is 9.59 Å². The average molecular weight is 248 g/mol. The van der Waals surface area contributed by atoms with Crippen LogP contribution in [0.2, 0.25) is 0 Å². The quantitative estimate of drug-likeness (QED) is 0.589. The molecule has 0 spiro atoms. The second-order valence-corrected chi connectivity index (χ2v) is 4.82. The number of rotatable bonds is 9. The zero-order chi connectivity index (χ0) is 12.8. The normalized spacial score (nSPS) is 15.1. The van der Waals surface area contributed by atoms with E-state index in [0.29, 0.717) is 12.8 Å². The van der Waals surface area contributed by atoms with Gasteiger partial charge in [0.25, 0.3) is 0 Å². The van der Waals surface area contributed by atoms with Gasteiger partial charge in [0.15, 0.2) is 0 Å². The zero-order valence-corrected chi connectivity index (χ0v) is 10.7. The van der Waals surface area contributed by atoms with Gasteiger partial charge >= 0.3 is 0 Å². The van der Waals surface area contributed by atoms with Crippen LogP contribution in [0.4, 0.5) is 0 Å². The predicted molar refractivity (Wildman–Crippen MR) is 68.9 cm³/mol. The second kappa shape index (κ2) is 6.38. The van der Waals surface area contributed by atoms with E-state index in [-0.39, 0.29) is 11.8 Å². The molecule has 2 amide bonds. The van der Waals surface area contributed by atoms with Crippen LogP contribution in [0.5, 0.6) is 0 Å². The van der Waals surface area contributed by atoms with Crippen molar-refractivity contribution in [2.24, 2.45) is 0 Å². The molecule has 0 bridgehead atoms. The molecule has 2 heterocycles. The molecule has 0 saturated carbocycles. The van der Waals surface area contributed by atoms with E-state index in [1.807, 2.05) is 0 Å². The van der Waals surface area contributed by atoms with Gasteiger partial charge in [-0.15, -0.1) is 0 Å². The van der Waals surface area contributed by atoms with Gasteiger partial charge in [-0.05, 0) is 12.8 Å². The molecule has 0 atom stereocenters. The molecule has 2 rings (SSSR count). The maximum Gasteiger partial charge on any atom is 0.230 e. The van der Waals surface area contributed by atoms with Crippen LogP contribution < -0.4 is 0 Å². The number of amides is 2. The molecule has 0 radical (unpaired) electrons. The fourth-order valence-electron chi connectivity index (χ4n) is 1.92. The zero-order valence-electron chi connectivity index (χ0n) is 10.7. The number of carbonyl (C=O) groups excluding carboxylic acids is 2. The smallest absolute Gasteiger partial charge is 0.230 e. The van der Waals surface area contributed by atoms with E-state index in [4.69, 9.17) is 0 Å². The summed E-state index contributed by atoms with van der Waals surface area (Å²) in [4.78, 5) is 25.9. The Hall–Kier alpha value is -1.58. The molecule has 2 aliphatic rings. The summed E-state index contributed by atoms with van der Waals surface area (Å²) in [6, 6.07) is 0. The molecule has 2 aliphatic heterocycles. The van der Waals surface area contributed by atoms with Gasteiger partial charge in [-0.2, -0.15) is 0 Å². The van der Waals surface area contributed by atoms with Crippen molar-refractivity contribution >= 4 is 11.8 Å². The predicted octanol–water partition coefficient (Wildman–Crippen LogP) is 2.73. The maximum atomic E-state index is 11.3. The first-order valence-electron chi connectivity index (χ1n) is 6.76. The van der Waals surface area contributed by atoms with E-state index >= 15 is 0 Å². The molecule has 0 unspecified atom stereocenters. The van der Waals surface area contributed by atoms with Crippen LogP contribution in [0, 0.1) is 0 Å². The van der Waals surface area contributed by atoms with E-state index in [1.54, 1.807) is 34.6 Å². The first-order valence-corrected chi connectivity index (χ1v) is 6.76. The molecule has 0 fully saturated rings. The number of unbranched alkanes of at least 4 members (excludes halogenated alkanes) is 5. The van der Waals surface area contributed by atoms with Crippen molar-refractivity contribution in [1.82, 2.24) is 9.80 Å². The van der Waals surface area contributed by atoms with Gasteiger partial charge in [0.2, 0.25) is 11.8 Å². The van der Waals surface area contributed by atoms with Crippen molar-refractivity contribution in [2.45, 2.75) is 51.4 Å². The summed E-state index contributed by atoms with van der Waals surface area (Å²) in [5, 5.41) is 0. The summed E-state index contributed by atoms with van der Waals surface area (Å²) in [5.41, 5.74) is 0. The molecule has 0 aromatic heterocycles. The van der Waals surface area contributed by atoms with Gasteiger partial charge in [0.1, 0.15) is 0 Å². The van der Waals surface area contributed by atoms with Crippen molar-refractivity contribution in [3.63, 3.8) is 0 Å². The summed E-state index contributed by atoms with van der Waals surface area (Å²) < 4.78 is 0. The molecule has 18 heavy (non-hydrogen) atoms. The van der Waals surface area contributed by atoms with Crippen LogP contribution in [0.3, 0.4) is 0 Å². The largest absolute Gasteiger partial charge is 0.292 e. The van der Waals surface area contributed by atoms with Crippen molar-refractivity contribution in [3.8, 4) is 0 Å². The summed E-state index contributed by atoms with van der Waals surface area (Å²) in [6.07, 6.45) is 15.0. The average Bonchev–Trinajstić information content (AvgIpc) is 3.21. The maximum absolute atomic E-state index is 11.3. The second-order valence-electron chi connectivity index (χ2n) is 4.82. The van der Waals surface area contributed by atoms with Gasteiger partial charge in [-0.25, -0.2) is 0 Å². The van der Waals surface area contributed by atoms with Gasteiger partial charge in [0, 0.05) is 37.6 Å². The van der Waals surface area contributed by atoms with Gasteiger partial charge in [0.05, 0.1) is 0 Å². The summed E-state index contributed by atoms with van der Waals surface area (Å²) in [5.74, 6) is 0.429. The van der Waals surface area contributed by atoms with Gasteiger partial charge in [-0.3, -0.25) is 19.4 Å². The Morgan fingerprint density at radius 1 is 0.611 bits per heavy atom. The van der Waals surface area contributed by atoms with E-state index < -0.39 is 0 Å². The molecule has 98 valence electrons. The summed E-state index contributed by atoms with van der Waals surface area (Å²) in [6.45, 7) is 0. The van der Waals surface area contributed by atoms with Crippen molar-refractivity contribution in [2.75, 3.05) is 0 Å². The molecule has 0 aromatic carbocycles. The van der Waals surface area contributed by atoms with Crippen LogP contribution in [0.15, 0.2) is 24.8 Å². The van der Waals surface area contributed by atoms with Crippen LogP contribution in [0.1, 0.15) is 51.4 Å². The van der Waals surface area contributed by atoms with Gasteiger partial charge in [-0.1, -0.05) is 25.7 Å². The van der Waals surface area contributed by atoms with E-state index in [0.717, 1.165) is 38.5 Å². The third kappa shape index (κ3) is 4.73. The number of nitrogens with zero attached hydrogens (tertiary/aromatic N) is 2. The summed E-state index contributed by atoms with van der Waals surface area (Å²) >= 11 is 0. The topological polar surface area (TPSA) is 40.2 Å². The highest BCUT2D eigenvalue weighted by Gasteiger charge is 2.15. The Morgan fingerprint density at radius 2 is 0.944 bits per heavy atom. The molecule has 4 heteroatoms. The van der Waals surface area contributed by atoms with E-state index in [1.165, 1.54) is 0 Å². The first-order chi connectivity index (χ1) is 8.77. The Bertz CT molecular complexity index is 326. The monoisotopic (exact) mass is 248 g/mol. The molecule has 0 aromatic rings. The van der Waals surface area contributed by atoms with Crippen LogP contribution in [-0.2, 0) is 9.59 Å². The standard InChI is InChI=1S/C14H20N2O2/c17-13(15-9-10-15)7-5-3-1-2-4-6-8-14(18)16-11-12-16/h9-12H,1-8H2. The lowest BCUT2D eigenvalue weighted by Crippen LogP contribution is -2.09. The molecular formula is C14H20N2O2. The minimum absolute atomic E-state index is 0.214. The number of carbonyl (C=O) groups is 2. The third-order valence-corrected chi connectivity index (χ3v) is 3.20. The van der Waals surface area contributed by atoms with Crippen molar-refractivity contribution in [3.05, 3.63) is 24.8 Å². The van der Waals surface area contributed by atoms with Crippen molar-refractivity contribution < 1.29 is 9.59 Å². The lowest BCUT2D eigenvalue weighted by molar-refractivity contribution is -0.125. The van der Waals surface area contributed by atoms with Crippen LogP contribution >= 0.6 is 0 Å². The number of hydrogen-bond acceptors (Lipinski definition) is 2. The molecule has 0 N–H and O–H groups in total. The highest BCUT2D eigenvalue weighted by molar-refractivity contribution is 5.81. The lowest BCUT2D eigenvalue weighted by Gasteiger charge is -2.03.